The monoisotopic (exact) mass is 312 g/mol. The fourth-order valence-electron chi connectivity index (χ4n) is 2.80. The molecule has 0 atom stereocenters. The molecule has 5 nitrogen and oxygen atoms in total. The first-order valence-electron chi connectivity index (χ1n) is 7.57. The van der Waals surface area contributed by atoms with E-state index in [2.05, 4.69) is 5.32 Å². The van der Waals surface area contributed by atoms with Crippen LogP contribution in [0.2, 0.25) is 0 Å². The minimum Gasteiger partial charge on any atom is -0.388 e. The first kappa shape index (κ1) is 16.2. The number of carbonyl (C=O) groups excluding carboxylic acids is 1. The van der Waals surface area contributed by atoms with Crippen LogP contribution in [-0.4, -0.2) is 27.7 Å². The van der Waals surface area contributed by atoms with Crippen LogP contribution in [0.25, 0.3) is 0 Å². The smallest absolute Gasteiger partial charge is 0.307 e. The van der Waals surface area contributed by atoms with Crippen molar-refractivity contribution in [3.05, 3.63) is 20.2 Å². The van der Waals surface area contributed by atoms with E-state index in [9.17, 15) is 14.7 Å². The van der Waals surface area contributed by atoms with Crippen molar-refractivity contribution in [3.63, 3.8) is 0 Å². The lowest BCUT2D eigenvalue weighted by Crippen LogP contribution is -2.44. The molecule has 1 aliphatic carbocycles. The number of hydrogen-bond acceptors (Lipinski definition) is 4. The van der Waals surface area contributed by atoms with E-state index < -0.39 is 5.60 Å². The lowest BCUT2D eigenvalue weighted by Gasteiger charge is -2.32. The van der Waals surface area contributed by atoms with E-state index in [0.717, 1.165) is 42.7 Å². The Hall–Kier alpha value is -1.14. The Morgan fingerprint density at radius 1 is 1.33 bits per heavy atom. The van der Waals surface area contributed by atoms with Gasteiger partial charge in [0.15, 0.2) is 0 Å². The Morgan fingerprint density at radius 3 is 2.57 bits per heavy atom. The molecule has 118 valence electrons. The molecular weight excluding hydrogens is 288 g/mol. The molecule has 1 saturated carbocycles. The second-order valence-electron chi connectivity index (χ2n) is 5.97. The average molecular weight is 312 g/mol. The summed E-state index contributed by atoms with van der Waals surface area (Å²) in [5.41, 5.74) is 0.198. The highest BCUT2D eigenvalue weighted by Crippen LogP contribution is 2.27. The van der Waals surface area contributed by atoms with E-state index in [0.29, 0.717) is 13.1 Å². The van der Waals surface area contributed by atoms with Gasteiger partial charge in [-0.1, -0.05) is 30.6 Å². The average Bonchev–Trinajstić information content (AvgIpc) is 2.69. The lowest BCUT2D eigenvalue weighted by molar-refractivity contribution is -0.123. The van der Waals surface area contributed by atoms with Crippen molar-refractivity contribution in [1.29, 1.82) is 0 Å². The molecule has 0 bridgehead atoms. The largest absolute Gasteiger partial charge is 0.388 e. The molecule has 1 fully saturated rings. The fourth-order valence-corrected chi connectivity index (χ4v) is 3.66. The SMILES string of the molecule is Cc1sc(=O)n(CCC(=O)NCC2(O)CCCCC2)c1C. The Kier molecular flexibility index (Phi) is 5.22. The second kappa shape index (κ2) is 6.75. The molecular formula is C15H24N2O3S. The van der Waals surface area contributed by atoms with Gasteiger partial charge in [0.2, 0.25) is 5.91 Å². The number of amides is 1. The van der Waals surface area contributed by atoms with Gasteiger partial charge in [-0.2, -0.15) is 0 Å². The summed E-state index contributed by atoms with van der Waals surface area (Å²) in [6, 6.07) is 0. The van der Waals surface area contributed by atoms with Crippen molar-refractivity contribution >= 4 is 17.2 Å². The minimum absolute atomic E-state index is 0.0105. The summed E-state index contributed by atoms with van der Waals surface area (Å²) in [5, 5.41) is 13.1. The molecule has 0 aliphatic heterocycles. The molecule has 0 unspecified atom stereocenters. The summed E-state index contributed by atoms with van der Waals surface area (Å²) in [5.74, 6) is -0.107. The highest BCUT2D eigenvalue weighted by molar-refractivity contribution is 7.09. The van der Waals surface area contributed by atoms with Gasteiger partial charge in [-0.25, -0.2) is 0 Å². The van der Waals surface area contributed by atoms with Gasteiger partial charge < -0.3 is 15.0 Å². The summed E-state index contributed by atoms with van der Waals surface area (Å²) < 4.78 is 1.65. The van der Waals surface area contributed by atoms with Crippen molar-refractivity contribution < 1.29 is 9.90 Å². The third kappa shape index (κ3) is 4.17. The molecule has 6 heteroatoms. The van der Waals surface area contributed by atoms with Crippen LogP contribution in [0.5, 0.6) is 0 Å². The summed E-state index contributed by atoms with van der Waals surface area (Å²) >= 11 is 1.22. The topological polar surface area (TPSA) is 71.3 Å². The zero-order chi connectivity index (χ0) is 15.5. The fraction of sp³-hybridized carbons (Fsp3) is 0.733. The van der Waals surface area contributed by atoms with Gasteiger partial charge in [0, 0.05) is 30.1 Å². The van der Waals surface area contributed by atoms with Crippen LogP contribution in [0, 0.1) is 13.8 Å². The van der Waals surface area contributed by atoms with Crippen LogP contribution >= 0.6 is 11.3 Å². The van der Waals surface area contributed by atoms with Gasteiger partial charge in [-0.3, -0.25) is 9.59 Å². The maximum absolute atomic E-state index is 11.9. The molecule has 0 saturated heterocycles. The molecule has 0 radical (unpaired) electrons. The highest BCUT2D eigenvalue weighted by atomic mass is 32.1. The number of aliphatic hydroxyl groups is 1. The molecule has 1 heterocycles. The lowest BCUT2D eigenvalue weighted by atomic mass is 9.85. The number of aromatic nitrogens is 1. The maximum Gasteiger partial charge on any atom is 0.307 e. The minimum atomic E-state index is -0.736. The van der Waals surface area contributed by atoms with Crippen LogP contribution in [0.4, 0.5) is 0 Å². The molecule has 1 aliphatic rings. The molecule has 2 N–H and O–H groups in total. The summed E-state index contributed by atoms with van der Waals surface area (Å²) in [4.78, 5) is 24.6. The highest BCUT2D eigenvalue weighted by Gasteiger charge is 2.29. The van der Waals surface area contributed by atoms with Crippen LogP contribution in [0.1, 0.15) is 49.1 Å². The van der Waals surface area contributed by atoms with Gasteiger partial charge in [-0.15, -0.1) is 0 Å². The van der Waals surface area contributed by atoms with E-state index in [-0.39, 0.29) is 17.2 Å². The molecule has 1 aromatic rings. The molecule has 0 spiro atoms. The number of aryl methyl sites for hydroxylation is 1. The molecule has 0 aromatic carbocycles. The standard InChI is InChI=1S/C15H24N2O3S/c1-11-12(2)21-14(19)17(11)9-6-13(18)16-10-15(20)7-4-3-5-8-15/h20H,3-10H2,1-2H3,(H,16,18). The van der Waals surface area contributed by atoms with E-state index in [4.69, 9.17) is 0 Å². The summed E-state index contributed by atoms with van der Waals surface area (Å²) in [6.45, 7) is 4.54. The molecule has 2 rings (SSSR count). The summed E-state index contributed by atoms with van der Waals surface area (Å²) in [6.07, 6.45) is 5.00. The van der Waals surface area contributed by atoms with Crippen molar-refractivity contribution in [2.24, 2.45) is 0 Å². The molecule has 1 amide bonds. The van der Waals surface area contributed by atoms with Crippen LogP contribution in [0.15, 0.2) is 4.79 Å². The maximum atomic E-state index is 11.9. The normalized spacial score (nSPS) is 17.7. The molecule has 21 heavy (non-hydrogen) atoms. The van der Waals surface area contributed by atoms with Crippen LogP contribution < -0.4 is 10.2 Å². The number of nitrogens with zero attached hydrogens (tertiary/aromatic N) is 1. The Labute approximate surface area is 129 Å². The Balaban J connectivity index is 1.81. The van der Waals surface area contributed by atoms with Crippen LogP contribution in [0.3, 0.4) is 0 Å². The first-order chi connectivity index (χ1) is 9.91. The van der Waals surface area contributed by atoms with Gasteiger partial charge in [0.1, 0.15) is 0 Å². The first-order valence-corrected chi connectivity index (χ1v) is 8.39. The van der Waals surface area contributed by atoms with E-state index >= 15 is 0 Å². The molecule has 1 aromatic heterocycles. The van der Waals surface area contributed by atoms with Crippen LogP contribution in [-0.2, 0) is 11.3 Å². The van der Waals surface area contributed by atoms with Gasteiger partial charge in [-0.05, 0) is 26.7 Å². The van der Waals surface area contributed by atoms with E-state index in [1.807, 2.05) is 13.8 Å². The zero-order valence-corrected chi connectivity index (χ0v) is 13.6. The van der Waals surface area contributed by atoms with E-state index in [1.165, 1.54) is 11.3 Å². The Morgan fingerprint density at radius 2 is 2.00 bits per heavy atom. The Bertz CT molecular complexity index is 556. The van der Waals surface area contributed by atoms with Crippen molar-refractivity contribution in [1.82, 2.24) is 9.88 Å². The second-order valence-corrected chi connectivity index (χ2v) is 7.14. The van der Waals surface area contributed by atoms with Crippen molar-refractivity contribution in [2.75, 3.05) is 6.54 Å². The van der Waals surface area contributed by atoms with Gasteiger partial charge >= 0.3 is 4.87 Å². The summed E-state index contributed by atoms with van der Waals surface area (Å²) in [7, 11) is 0. The van der Waals surface area contributed by atoms with Gasteiger partial charge in [0.25, 0.3) is 0 Å². The zero-order valence-electron chi connectivity index (χ0n) is 12.8. The number of hydrogen-bond donors (Lipinski definition) is 2. The van der Waals surface area contributed by atoms with Crippen molar-refractivity contribution in [2.45, 2.75) is 64.5 Å². The van der Waals surface area contributed by atoms with Crippen molar-refractivity contribution in [3.8, 4) is 0 Å². The number of rotatable bonds is 5. The van der Waals surface area contributed by atoms with E-state index in [1.54, 1.807) is 4.57 Å². The number of thiazole rings is 1. The quantitative estimate of drug-likeness (QED) is 0.870. The van der Waals surface area contributed by atoms with Gasteiger partial charge in [0.05, 0.1) is 5.60 Å². The number of nitrogens with one attached hydrogen (secondary N) is 1. The third-order valence-electron chi connectivity index (χ3n) is 4.34. The third-order valence-corrected chi connectivity index (χ3v) is 5.33. The number of carbonyl (C=O) groups is 1. The predicted octanol–water partition coefficient (Wildman–Crippen LogP) is 1.73. The predicted molar refractivity (Wildman–Crippen MR) is 83.7 cm³/mol.